The van der Waals surface area contributed by atoms with E-state index in [1.807, 2.05) is 0 Å². The third kappa shape index (κ3) is 3.03. The van der Waals surface area contributed by atoms with E-state index in [0.717, 1.165) is 12.1 Å². The predicted octanol–water partition coefficient (Wildman–Crippen LogP) is 2.26. The Hall–Kier alpha value is -2.51. The molecule has 1 amide bonds. The molecule has 0 spiro atoms. The average Bonchev–Trinajstić information content (AvgIpc) is 2.75. The highest BCUT2D eigenvalue weighted by atomic mass is 19.4. The molecule has 0 aliphatic rings. The second kappa shape index (κ2) is 4.63. The fourth-order valence-electron chi connectivity index (χ4n) is 1.39. The molecular weight excluding hydrogens is 261 g/mol. The van der Waals surface area contributed by atoms with Crippen molar-refractivity contribution in [2.75, 3.05) is 11.1 Å². The van der Waals surface area contributed by atoms with Crippen LogP contribution in [0.4, 0.5) is 24.7 Å². The molecule has 4 N–H and O–H groups in total. The topological polar surface area (TPSA) is 83.8 Å². The van der Waals surface area contributed by atoms with Gasteiger partial charge in [0.25, 0.3) is 5.91 Å². The number of benzene rings is 1. The van der Waals surface area contributed by atoms with Crippen molar-refractivity contribution in [1.82, 2.24) is 10.2 Å². The van der Waals surface area contributed by atoms with Crippen molar-refractivity contribution >= 4 is 17.4 Å². The molecule has 0 radical (unpaired) electrons. The first-order valence-corrected chi connectivity index (χ1v) is 5.16. The lowest BCUT2D eigenvalue weighted by atomic mass is 10.2. The molecule has 0 unspecified atom stereocenters. The molecule has 0 saturated carbocycles. The number of H-pyrrole nitrogens is 1. The van der Waals surface area contributed by atoms with Gasteiger partial charge < -0.3 is 11.1 Å². The summed E-state index contributed by atoms with van der Waals surface area (Å²) < 4.78 is 37.0. The maximum Gasteiger partial charge on any atom is 0.416 e. The first kappa shape index (κ1) is 12.9. The molecule has 2 rings (SSSR count). The fourth-order valence-corrected chi connectivity index (χ4v) is 1.39. The molecule has 0 saturated heterocycles. The number of nitrogens with zero attached hydrogens (tertiary/aromatic N) is 1. The first-order chi connectivity index (χ1) is 8.86. The number of amides is 1. The molecule has 0 aliphatic carbocycles. The Bertz CT molecular complexity index is 589. The van der Waals surface area contributed by atoms with E-state index in [1.165, 1.54) is 18.2 Å². The Balaban J connectivity index is 2.10. The molecule has 2 aromatic rings. The number of alkyl halides is 3. The van der Waals surface area contributed by atoms with Gasteiger partial charge >= 0.3 is 6.18 Å². The maximum atomic E-state index is 12.3. The number of nitrogens with two attached hydrogens (primary N) is 1. The van der Waals surface area contributed by atoms with Crippen LogP contribution in [0.3, 0.4) is 0 Å². The maximum absolute atomic E-state index is 12.3. The van der Waals surface area contributed by atoms with Crippen LogP contribution in [-0.4, -0.2) is 16.1 Å². The SMILES string of the molecule is Nc1cc(C(=O)Nc2ccc(C(F)(F)F)cc2)[nH]n1. The molecular formula is C11H9F3N4O. The van der Waals surface area contributed by atoms with Crippen molar-refractivity contribution in [2.24, 2.45) is 0 Å². The minimum atomic E-state index is -4.40. The zero-order valence-corrected chi connectivity index (χ0v) is 9.45. The number of halogens is 3. The minimum absolute atomic E-state index is 0.123. The van der Waals surface area contributed by atoms with E-state index in [0.29, 0.717) is 0 Å². The highest BCUT2D eigenvalue weighted by Crippen LogP contribution is 2.29. The summed E-state index contributed by atoms with van der Waals surface area (Å²) in [5, 5.41) is 8.38. The molecule has 0 fully saturated rings. The number of carbonyl (C=O) groups is 1. The van der Waals surface area contributed by atoms with Gasteiger partial charge in [-0.15, -0.1) is 0 Å². The number of rotatable bonds is 2. The van der Waals surface area contributed by atoms with Crippen LogP contribution in [-0.2, 0) is 6.18 Å². The van der Waals surface area contributed by atoms with Crippen molar-refractivity contribution in [2.45, 2.75) is 6.18 Å². The number of hydrogen-bond acceptors (Lipinski definition) is 3. The van der Waals surface area contributed by atoms with Crippen LogP contribution in [0.5, 0.6) is 0 Å². The van der Waals surface area contributed by atoms with Gasteiger partial charge in [-0.1, -0.05) is 0 Å². The molecule has 8 heteroatoms. The Labute approximate surface area is 105 Å². The van der Waals surface area contributed by atoms with Gasteiger partial charge in [0.2, 0.25) is 0 Å². The van der Waals surface area contributed by atoms with Gasteiger partial charge in [0.1, 0.15) is 11.5 Å². The standard InChI is InChI=1S/C11H9F3N4O/c12-11(13,14)6-1-3-7(4-2-6)16-10(19)8-5-9(15)18-17-8/h1-5H,(H,16,19)(H3,15,17,18). The normalized spacial score (nSPS) is 11.3. The second-order valence-corrected chi connectivity index (χ2v) is 3.74. The lowest BCUT2D eigenvalue weighted by molar-refractivity contribution is -0.137. The number of nitrogens with one attached hydrogen (secondary N) is 2. The van der Waals surface area contributed by atoms with E-state index in [2.05, 4.69) is 15.5 Å². The fraction of sp³-hybridized carbons (Fsp3) is 0.0909. The van der Waals surface area contributed by atoms with E-state index < -0.39 is 17.6 Å². The Morgan fingerprint density at radius 1 is 1.26 bits per heavy atom. The van der Waals surface area contributed by atoms with E-state index >= 15 is 0 Å². The number of aromatic amines is 1. The lowest BCUT2D eigenvalue weighted by Crippen LogP contribution is -2.12. The highest BCUT2D eigenvalue weighted by molar-refractivity contribution is 6.03. The van der Waals surface area contributed by atoms with Crippen LogP contribution >= 0.6 is 0 Å². The summed E-state index contributed by atoms with van der Waals surface area (Å²) in [5.74, 6) is -0.387. The van der Waals surface area contributed by atoms with Crippen LogP contribution in [0.15, 0.2) is 30.3 Å². The van der Waals surface area contributed by atoms with Crippen LogP contribution < -0.4 is 11.1 Å². The van der Waals surface area contributed by atoms with Gasteiger partial charge in [-0.25, -0.2) is 0 Å². The highest BCUT2D eigenvalue weighted by Gasteiger charge is 2.29. The molecule has 19 heavy (non-hydrogen) atoms. The Morgan fingerprint density at radius 3 is 2.37 bits per heavy atom. The van der Waals surface area contributed by atoms with Crippen LogP contribution in [0.1, 0.15) is 16.1 Å². The Kier molecular flexibility index (Phi) is 3.16. The van der Waals surface area contributed by atoms with Crippen molar-refractivity contribution in [3.05, 3.63) is 41.6 Å². The van der Waals surface area contributed by atoms with Gasteiger partial charge in [-0.3, -0.25) is 9.89 Å². The zero-order valence-electron chi connectivity index (χ0n) is 9.45. The van der Waals surface area contributed by atoms with E-state index in [9.17, 15) is 18.0 Å². The smallest absolute Gasteiger partial charge is 0.382 e. The van der Waals surface area contributed by atoms with Gasteiger partial charge in [-0.05, 0) is 24.3 Å². The summed E-state index contributed by atoms with van der Waals surface area (Å²) in [4.78, 5) is 11.6. The van der Waals surface area contributed by atoms with Crippen LogP contribution in [0.2, 0.25) is 0 Å². The van der Waals surface area contributed by atoms with Crippen LogP contribution in [0.25, 0.3) is 0 Å². The molecule has 1 heterocycles. The summed E-state index contributed by atoms with van der Waals surface area (Å²) in [5.41, 5.74) is 4.91. The van der Waals surface area contributed by atoms with Crippen molar-refractivity contribution in [3.63, 3.8) is 0 Å². The first-order valence-electron chi connectivity index (χ1n) is 5.16. The lowest BCUT2D eigenvalue weighted by Gasteiger charge is -2.08. The molecule has 0 aliphatic heterocycles. The van der Waals surface area contributed by atoms with Crippen molar-refractivity contribution in [3.8, 4) is 0 Å². The van der Waals surface area contributed by atoms with Crippen LogP contribution in [0, 0.1) is 0 Å². The summed E-state index contributed by atoms with van der Waals surface area (Å²) >= 11 is 0. The zero-order chi connectivity index (χ0) is 14.0. The average molecular weight is 270 g/mol. The molecule has 1 aromatic carbocycles. The Morgan fingerprint density at radius 2 is 1.89 bits per heavy atom. The van der Waals surface area contributed by atoms with Gasteiger partial charge in [-0.2, -0.15) is 18.3 Å². The number of hydrogen-bond donors (Lipinski definition) is 3. The summed E-state index contributed by atoms with van der Waals surface area (Å²) in [6, 6.07) is 5.42. The summed E-state index contributed by atoms with van der Waals surface area (Å²) in [7, 11) is 0. The van der Waals surface area contributed by atoms with E-state index in [-0.39, 0.29) is 17.2 Å². The molecule has 5 nitrogen and oxygen atoms in total. The third-order valence-corrected chi connectivity index (χ3v) is 2.31. The molecule has 0 bridgehead atoms. The second-order valence-electron chi connectivity index (χ2n) is 3.74. The quantitative estimate of drug-likeness (QED) is 0.782. The van der Waals surface area contributed by atoms with E-state index in [1.54, 1.807) is 0 Å². The summed E-state index contributed by atoms with van der Waals surface area (Å²) in [6.45, 7) is 0. The number of aromatic nitrogens is 2. The summed E-state index contributed by atoms with van der Waals surface area (Å²) in [6.07, 6.45) is -4.40. The monoisotopic (exact) mass is 270 g/mol. The molecule has 0 atom stereocenters. The van der Waals surface area contributed by atoms with Gasteiger partial charge in [0.05, 0.1) is 5.56 Å². The third-order valence-electron chi connectivity index (χ3n) is 2.31. The van der Waals surface area contributed by atoms with Crippen molar-refractivity contribution < 1.29 is 18.0 Å². The number of carbonyl (C=O) groups excluding carboxylic acids is 1. The molecule has 1 aromatic heterocycles. The van der Waals surface area contributed by atoms with E-state index in [4.69, 9.17) is 5.73 Å². The predicted molar refractivity (Wildman–Crippen MR) is 62.4 cm³/mol. The van der Waals surface area contributed by atoms with Crippen molar-refractivity contribution in [1.29, 1.82) is 0 Å². The minimum Gasteiger partial charge on any atom is -0.382 e. The van der Waals surface area contributed by atoms with Gasteiger partial charge in [0, 0.05) is 11.8 Å². The number of nitrogen functional groups attached to an aromatic ring is 1. The number of anilines is 2. The largest absolute Gasteiger partial charge is 0.416 e. The van der Waals surface area contributed by atoms with Gasteiger partial charge in [0.15, 0.2) is 0 Å². The molecule has 100 valence electrons.